The highest BCUT2D eigenvalue weighted by atomic mass is 32.2. The van der Waals surface area contributed by atoms with Crippen molar-refractivity contribution in [2.75, 3.05) is 13.7 Å². The highest BCUT2D eigenvalue weighted by Crippen LogP contribution is 2.21. The predicted octanol–water partition coefficient (Wildman–Crippen LogP) is 1.99. The van der Waals surface area contributed by atoms with E-state index < -0.39 is 0 Å². The number of methoxy groups -OCH3 is 1. The maximum absolute atomic E-state index is 10.6. The Morgan fingerprint density at radius 2 is 2.15 bits per heavy atom. The number of hydrogen-bond donors (Lipinski definition) is 0. The Morgan fingerprint density at radius 3 is 2.69 bits per heavy atom. The van der Waals surface area contributed by atoms with E-state index in [9.17, 15) is 4.79 Å². The zero-order chi connectivity index (χ0) is 9.52. The van der Waals surface area contributed by atoms with Crippen LogP contribution in [0.2, 0.25) is 0 Å². The molecule has 0 N–H and O–H groups in total. The molecule has 0 unspecified atom stereocenters. The molecule has 1 aromatic carbocycles. The summed E-state index contributed by atoms with van der Waals surface area (Å²) in [5.41, 5.74) is 0. The van der Waals surface area contributed by atoms with Crippen LogP contribution < -0.4 is 0 Å². The van der Waals surface area contributed by atoms with Gasteiger partial charge in [-0.3, -0.25) is 0 Å². The van der Waals surface area contributed by atoms with E-state index in [1.165, 1.54) is 11.8 Å². The molecule has 0 bridgehead atoms. The normalized spacial score (nSPS) is 12.4. The maximum Gasteiger partial charge on any atom is 0.135 e. The van der Waals surface area contributed by atoms with Gasteiger partial charge in [0, 0.05) is 12.0 Å². The van der Waals surface area contributed by atoms with Gasteiger partial charge in [-0.05, 0) is 12.1 Å². The average Bonchev–Trinajstić information content (AvgIpc) is 2.19. The van der Waals surface area contributed by atoms with Crippen LogP contribution in [0.4, 0.5) is 0 Å². The van der Waals surface area contributed by atoms with Crippen molar-refractivity contribution in [1.29, 1.82) is 0 Å². The summed E-state index contributed by atoms with van der Waals surface area (Å²) in [7, 11) is 1.60. The molecule has 1 aromatic rings. The number of carbonyl (C=O) groups is 1. The van der Waals surface area contributed by atoms with E-state index in [0.717, 1.165) is 11.2 Å². The third-order valence-electron chi connectivity index (χ3n) is 1.51. The Bertz CT molecular complexity index is 248. The van der Waals surface area contributed by atoms with Gasteiger partial charge >= 0.3 is 0 Å². The largest absolute Gasteiger partial charge is 0.383 e. The van der Waals surface area contributed by atoms with Gasteiger partial charge in [-0.15, -0.1) is 11.8 Å². The van der Waals surface area contributed by atoms with E-state index in [1.54, 1.807) is 7.11 Å². The first-order valence-corrected chi connectivity index (χ1v) is 4.90. The molecule has 0 aliphatic carbocycles. The quantitative estimate of drug-likeness (QED) is 0.532. The number of ether oxygens (including phenoxy) is 1. The second-order valence-corrected chi connectivity index (χ2v) is 3.87. The summed E-state index contributed by atoms with van der Waals surface area (Å²) in [5.74, 6) is 0. The maximum atomic E-state index is 10.6. The monoisotopic (exact) mass is 196 g/mol. The van der Waals surface area contributed by atoms with Crippen molar-refractivity contribution in [2.45, 2.75) is 10.1 Å². The van der Waals surface area contributed by atoms with Crippen LogP contribution in [-0.4, -0.2) is 25.3 Å². The topological polar surface area (TPSA) is 26.3 Å². The lowest BCUT2D eigenvalue weighted by Crippen LogP contribution is -2.11. The molecule has 0 spiro atoms. The van der Waals surface area contributed by atoms with Crippen molar-refractivity contribution in [3.8, 4) is 0 Å². The molecule has 13 heavy (non-hydrogen) atoms. The molecule has 3 heteroatoms. The van der Waals surface area contributed by atoms with Gasteiger partial charge < -0.3 is 9.53 Å². The number of thioether (sulfide) groups is 1. The summed E-state index contributed by atoms with van der Waals surface area (Å²) in [6.45, 7) is 0.461. The van der Waals surface area contributed by atoms with Gasteiger partial charge in [0.05, 0.1) is 11.9 Å². The van der Waals surface area contributed by atoms with Gasteiger partial charge in [0.1, 0.15) is 6.29 Å². The van der Waals surface area contributed by atoms with E-state index in [2.05, 4.69) is 0 Å². The van der Waals surface area contributed by atoms with E-state index in [4.69, 9.17) is 4.74 Å². The second kappa shape index (κ2) is 5.78. The van der Waals surface area contributed by atoms with Crippen molar-refractivity contribution in [3.63, 3.8) is 0 Å². The molecule has 70 valence electrons. The zero-order valence-corrected chi connectivity index (χ0v) is 8.29. The van der Waals surface area contributed by atoms with E-state index >= 15 is 0 Å². The Balaban J connectivity index is 2.51. The van der Waals surface area contributed by atoms with Crippen LogP contribution in [0.15, 0.2) is 35.2 Å². The fourth-order valence-corrected chi connectivity index (χ4v) is 1.86. The van der Waals surface area contributed by atoms with Crippen molar-refractivity contribution >= 4 is 18.0 Å². The molecule has 1 atom stereocenters. The number of carbonyl (C=O) groups excluding carboxylic acids is 1. The Labute approximate surface area is 82.3 Å². The van der Waals surface area contributed by atoms with Crippen molar-refractivity contribution in [3.05, 3.63) is 30.3 Å². The van der Waals surface area contributed by atoms with Crippen LogP contribution in [-0.2, 0) is 9.53 Å². The highest BCUT2D eigenvalue weighted by molar-refractivity contribution is 8.00. The highest BCUT2D eigenvalue weighted by Gasteiger charge is 2.07. The average molecular weight is 196 g/mol. The molecular weight excluding hydrogens is 184 g/mol. The number of hydrogen-bond acceptors (Lipinski definition) is 3. The van der Waals surface area contributed by atoms with Gasteiger partial charge in [0.2, 0.25) is 0 Å². The van der Waals surface area contributed by atoms with Crippen molar-refractivity contribution in [1.82, 2.24) is 0 Å². The van der Waals surface area contributed by atoms with Gasteiger partial charge in [-0.2, -0.15) is 0 Å². The summed E-state index contributed by atoms with van der Waals surface area (Å²) < 4.78 is 4.91. The summed E-state index contributed by atoms with van der Waals surface area (Å²) in [6, 6.07) is 9.83. The Hall–Kier alpha value is -0.800. The van der Waals surface area contributed by atoms with Gasteiger partial charge in [-0.25, -0.2) is 0 Å². The van der Waals surface area contributed by atoms with Crippen LogP contribution in [0.25, 0.3) is 0 Å². The van der Waals surface area contributed by atoms with Crippen LogP contribution >= 0.6 is 11.8 Å². The fourth-order valence-electron chi connectivity index (χ4n) is 0.939. The summed E-state index contributed by atoms with van der Waals surface area (Å²) in [4.78, 5) is 11.7. The lowest BCUT2D eigenvalue weighted by molar-refractivity contribution is -0.108. The summed E-state index contributed by atoms with van der Waals surface area (Å²) in [6.07, 6.45) is 0.918. The smallest absolute Gasteiger partial charge is 0.135 e. The fraction of sp³-hybridized carbons (Fsp3) is 0.300. The van der Waals surface area contributed by atoms with E-state index in [-0.39, 0.29) is 5.25 Å². The minimum atomic E-state index is -0.104. The van der Waals surface area contributed by atoms with Gasteiger partial charge in [0.15, 0.2) is 0 Å². The van der Waals surface area contributed by atoms with Crippen molar-refractivity contribution in [2.24, 2.45) is 0 Å². The first-order valence-electron chi connectivity index (χ1n) is 4.02. The first kappa shape index (κ1) is 10.3. The molecule has 0 saturated carbocycles. The number of aldehydes is 1. The third-order valence-corrected chi connectivity index (χ3v) is 2.61. The molecule has 0 aromatic heterocycles. The standard InChI is InChI=1S/C10H12O2S/c1-12-8-10(7-11)13-9-5-3-2-4-6-9/h2-7,10H,8H2,1H3/t10-/m1/s1. The SMILES string of the molecule is COC[C@@H](C=O)Sc1ccccc1. The molecule has 2 nitrogen and oxygen atoms in total. The van der Waals surface area contributed by atoms with Crippen molar-refractivity contribution < 1.29 is 9.53 Å². The molecule has 0 amide bonds. The lowest BCUT2D eigenvalue weighted by Gasteiger charge is -2.07. The minimum absolute atomic E-state index is 0.104. The molecule has 0 saturated heterocycles. The third kappa shape index (κ3) is 3.61. The molecule has 0 radical (unpaired) electrons. The molecule has 0 fully saturated rings. The van der Waals surface area contributed by atoms with Crippen LogP contribution in [0.1, 0.15) is 0 Å². The first-order chi connectivity index (χ1) is 6.36. The Kier molecular flexibility index (Phi) is 4.57. The van der Waals surface area contributed by atoms with E-state index in [1.807, 2.05) is 30.3 Å². The number of rotatable bonds is 5. The van der Waals surface area contributed by atoms with Crippen LogP contribution in [0, 0.1) is 0 Å². The summed E-state index contributed by atoms with van der Waals surface area (Å²) in [5, 5.41) is -0.104. The Morgan fingerprint density at radius 1 is 1.46 bits per heavy atom. The van der Waals surface area contributed by atoms with Crippen LogP contribution in [0.5, 0.6) is 0 Å². The second-order valence-electron chi connectivity index (χ2n) is 2.56. The molecule has 0 aliphatic heterocycles. The van der Waals surface area contributed by atoms with Gasteiger partial charge in [-0.1, -0.05) is 18.2 Å². The summed E-state index contributed by atoms with van der Waals surface area (Å²) >= 11 is 1.52. The molecule has 1 rings (SSSR count). The number of benzene rings is 1. The molecular formula is C10H12O2S. The predicted molar refractivity (Wildman–Crippen MR) is 54.0 cm³/mol. The minimum Gasteiger partial charge on any atom is -0.383 e. The van der Waals surface area contributed by atoms with E-state index in [0.29, 0.717) is 6.61 Å². The van der Waals surface area contributed by atoms with Crippen LogP contribution in [0.3, 0.4) is 0 Å². The lowest BCUT2D eigenvalue weighted by atomic mass is 10.4. The molecule has 0 aliphatic rings. The molecule has 0 heterocycles. The van der Waals surface area contributed by atoms with Gasteiger partial charge in [0.25, 0.3) is 0 Å². The zero-order valence-electron chi connectivity index (χ0n) is 7.47.